The summed E-state index contributed by atoms with van der Waals surface area (Å²) in [4.78, 5) is 15.8. The lowest BCUT2D eigenvalue weighted by Gasteiger charge is -2.43. The van der Waals surface area contributed by atoms with Gasteiger partial charge in [-0.05, 0) is 27.2 Å². The molecule has 1 aliphatic heterocycles. The van der Waals surface area contributed by atoms with Crippen LogP contribution >= 0.6 is 0 Å². The highest BCUT2D eigenvalue weighted by molar-refractivity contribution is 5.79. The number of nitrogens with two attached hydrogens (primary N) is 1. The fourth-order valence-electron chi connectivity index (χ4n) is 2.33. The molecule has 1 heterocycles. The summed E-state index contributed by atoms with van der Waals surface area (Å²) in [5.74, 6) is -0.330. The van der Waals surface area contributed by atoms with Crippen molar-refractivity contribution in [1.29, 1.82) is 0 Å². The molecule has 0 unspecified atom stereocenters. The minimum atomic E-state index is -0.330. The average Bonchev–Trinajstić information content (AvgIpc) is 2.24. The molecule has 0 radical (unpaired) electrons. The molecule has 1 rings (SSSR count). The van der Waals surface area contributed by atoms with E-state index >= 15 is 0 Å². The van der Waals surface area contributed by atoms with Crippen LogP contribution in [0.3, 0.4) is 0 Å². The number of aliphatic hydroxyl groups excluding tert-OH is 1. The molecule has 0 bridgehead atoms. The normalized spacial score (nSPS) is 21.4. The van der Waals surface area contributed by atoms with Gasteiger partial charge in [-0.2, -0.15) is 0 Å². The van der Waals surface area contributed by atoms with Crippen LogP contribution in [0.25, 0.3) is 0 Å². The van der Waals surface area contributed by atoms with Crippen molar-refractivity contribution in [3.05, 3.63) is 0 Å². The van der Waals surface area contributed by atoms with Gasteiger partial charge in [0.15, 0.2) is 0 Å². The number of carbonyl (C=O) groups excluding carboxylic acids is 1. The fraction of sp³-hybridized carbons (Fsp3) is 0.917. The molecular formula is C12H25N3O2. The summed E-state index contributed by atoms with van der Waals surface area (Å²) in [6.45, 7) is 10.2. The van der Waals surface area contributed by atoms with E-state index < -0.39 is 0 Å². The summed E-state index contributed by atoms with van der Waals surface area (Å²) in [6, 6.07) is -0.317. The highest BCUT2D eigenvalue weighted by Gasteiger charge is 2.30. The van der Waals surface area contributed by atoms with E-state index in [0.29, 0.717) is 6.42 Å². The molecule has 5 nitrogen and oxygen atoms in total. The van der Waals surface area contributed by atoms with Crippen LogP contribution in [0.4, 0.5) is 0 Å². The van der Waals surface area contributed by atoms with Crippen molar-refractivity contribution in [2.24, 2.45) is 5.73 Å². The summed E-state index contributed by atoms with van der Waals surface area (Å²) in [7, 11) is 0. The number of primary amides is 1. The van der Waals surface area contributed by atoms with E-state index in [2.05, 4.69) is 30.6 Å². The minimum absolute atomic E-state index is 0.00704. The topological polar surface area (TPSA) is 69.8 Å². The van der Waals surface area contributed by atoms with E-state index in [4.69, 9.17) is 10.8 Å². The van der Waals surface area contributed by atoms with Crippen molar-refractivity contribution in [2.75, 3.05) is 32.8 Å². The number of piperazine rings is 1. The predicted octanol–water partition coefficient (Wildman–Crippen LogP) is -0.361. The van der Waals surface area contributed by atoms with E-state index in [9.17, 15) is 4.79 Å². The monoisotopic (exact) mass is 243 g/mol. The molecule has 1 atom stereocenters. The summed E-state index contributed by atoms with van der Waals surface area (Å²) in [6.07, 6.45) is 0.435. The number of aliphatic hydroxyl groups is 1. The van der Waals surface area contributed by atoms with Crippen molar-refractivity contribution in [1.82, 2.24) is 9.80 Å². The lowest BCUT2D eigenvalue weighted by atomic mass is 10.0. The average molecular weight is 243 g/mol. The number of amides is 1. The number of hydrogen-bond donors (Lipinski definition) is 2. The molecule has 0 aliphatic carbocycles. The van der Waals surface area contributed by atoms with Crippen LogP contribution in [0.1, 0.15) is 27.2 Å². The Labute approximate surface area is 104 Å². The molecular weight excluding hydrogens is 218 g/mol. The standard InChI is InChI=1S/C12H25N3O2/c1-12(2,3)15-7-5-14(6-8-15)10(4-9-16)11(13)17/h10,16H,4-9H2,1-3H3,(H2,13,17)/t10-/m1/s1. The van der Waals surface area contributed by atoms with Gasteiger partial charge in [-0.1, -0.05) is 0 Å². The maximum absolute atomic E-state index is 11.3. The number of rotatable bonds is 4. The lowest BCUT2D eigenvalue weighted by Crippen LogP contribution is -2.58. The largest absolute Gasteiger partial charge is 0.396 e. The van der Waals surface area contributed by atoms with Crippen molar-refractivity contribution >= 4 is 5.91 Å². The van der Waals surface area contributed by atoms with E-state index in [0.717, 1.165) is 26.2 Å². The van der Waals surface area contributed by atoms with Crippen molar-refractivity contribution < 1.29 is 9.90 Å². The van der Waals surface area contributed by atoms with E-state index in [1.165, 1.54) is 0 Å². The zero-order valence-electron chi connectivity index (χ0n) is 11.1. The van der Waals surface area contributed by atoms with Crippen LogP contribution in [0.15, 0.2) is 0 Å². The van der Waals surface area contributed by atoms with Gasteiger partial charge < -0.3 is 10.8 Å². The molecule has 3 N–H and O–H groups in total. The fourth-order valence-corrected chi connectivity index (χ4v) is 2.33. The molecule has 1 aliphatic rings. The van der Waals surface area contributed by atoms with Gasteiger partial charge in [-0.3, -0.25) is 14.6 Å². The van der Waals surface area contributed by atoms with Gasteiger partial charge in [0.05, 0.1) is 6.04 Å². The summed E-state index contributed by atoms with van der Waals surface area (Å²) in [5, 5.41) is 8.95. The zero-order chi connectivity index (χ0) is 13.1. The molecule has 0 spiro atoms. The van der Waals surface area contributed by atoms with E-state index in [-0.39, 0.29) is 24.1 Å². The van der Waals surface area contributed by atoms with Gasteiger partial charge in [-0.15, -0.1) is 0 Å². The smallest absolute Gasteiger partial charge is 0.234 e. The maximum atomic E-state index is 11.3. The van der Waals surface area contributed by atoms with Crippen molar-refractivity contribution in [2.45, 2.75) is 38.8 Å². The Kier molecular flexibility index (Phi) is 4.91. The van der Waals surface area contributed by atoms with Gasteiger partial charge >= 0.3 is 0 Å². The van der Waals surface area contributed by atoms with Gasteiger partial charge in [0.25, 0.3) is 0 Å². The molecule has 0 saturated carbocycles. The Hall–Kier alpha value is -0.650. The molecule has 0 aromatic carbocycles. The number of carbonyl (C=O) groups is 1. The van der Waals surface area contributed by atoms with Crippen LogP contribution in [0, 0.1) is 0 Å². The highest BCUT2D eigenvalue weighted by Crippen LogP contribution is 2.17. The molecule has 0 aromatic heterocycles. The van der Waals surface area contributed by atoms with Crippen molar-refractivity contribution in [3.63, 3.8) is 0 Å². The number of nitrogens with zero attached hydrogens (tertiary/aromatic N) is 2. The molecule has 17 heavy (non-hydrogen) atoms. The highest BCUT2D eigenvalue weighted by atomic mass is 16.3. The predicted molar refractivity (Wildman–Crippen MR) is 67.6 cm³/mol. The first-order valence-electron chi connectivity index (χ1n) is 6.25. The Morgan fingerprint density at radius 3 is 2.18 bits per heavy atom. The van der Waals surface area contributed by atoms with Gasteiger partial charge in [-0.25, -0.2) is 0 Å². The van der Waals surface area contributed by atoms with Gasteiger partial charge in [0.2, 0.25) is 5.91 Å². The zero-order valence-corrected chi connectivity index (χ0v) is 11.1. The molecule has 5 heteroatoms. The SMILES string of the molecule is CC(C)(C)N1CCN([C@H](CCO)C(N)=O)CC1. The van der Waals surface area contributed by atoms with Crippen LogP contribution in [0.2, 0.25) is 0 Å². The van der Waals surface area contributed by atoms with E-state index in [1.807, 2.05) is 0 Å². The third-order valence-corrected chi connectivity index (χ3v) is 3.43. The second kappa shape index (κ2) is 5.80. The molecule has 1 saturated heterocycles. The quantitative estimate of drug-likeness (QED) is 0.707. The van der Waals surface area contributed by atoms with E-state index in [1.54, 1.807) is 0 Å². The Morgan fingerprint density at radius 1 is 1.29 bits per heavy atom. The first-order valence-corrected chi connectivity index (χ1v) is 6.25. The Balaban J connectivity index is 2.52. The van der Waals surface area contributed by atoms with Crippen LogP contribution in [-0.2, 0) is 4.79 Å². The molecule has 1 fully saturated rings. The summed E-state index contributed by atoms with van der Waals surface area (Å²) < 4.78 is 0. The van der Waals surface area contributed by atoms with Crippen LogP contribution in [0.5, 0.6) is 0 Å². The molecule has 1 amide bonds. The Morgan fingerprint density at radius 2 is 1.82 bits per heavy atom. The second-order valence-corrected chi connectivity index (χ2v) is 5.62. The first-order chi connectivity index (χ1) is 7.86. The summed E-state index contributed by atoms with van der Waals surface area (Å²) >= 11 is 0. The molecule has 100 valence electrons. The second-order valence-electron chi connectivity index (χ2n) is 5.62. The number of hydrogen-bond acceptors (Lipinski definition) is 4. The third kappa shape index (κ3) is 3.94. The van der Waals surface area contributed by atoms with Crippen LogP contribution in [-0.4, -0.2) is 65.2 Å². The maximum Gasteiger partial charge on any atom is 0.234 e. The molecule has 0 aromatic rings. The third-order valence-electron chi connectivity index (χ3n) is 3.43. The minimum Gasteiger partial charge on any atom is -0.396 e. The summed E-state index contributed by atoms with van der Waals surface area (Å²) in [5.41, 5.74) is 5.54. The van der Waals surface area contributed by atoms with Crippen LogP contribution < -0.4 is 5.73 Å². The van der Waals surface area contributed by atoms with Gasteiger partial charge in [0.1, 0.15) is 0 Å². The van der Waals surface area contributed by atoms with Crippen molar-refractivity contribution in [3.8, 4) is 0 Å². The Bertz CT molecular complexity index is 255. The first kappa shape index (κ1) is 14.4. The lowest BCUT2D eigenvalue weighted by molar-refractivity contribution is -0.124. The van der Waals surface area contributed by atoms with Gasteiger partial charge in [0, 0.05) is 38.3 Å².